The van der Waals surface area contributed by atoms with Gasteiger partial charge in [-0.15, -0.1) is 0 Å². The van der Waals surface area contributed by atoms with Crippen molar-refractivity contribution in [2.45, 2.75) is 32.5 Å². The highest BCUT2D eigenvalue weighted by atomic mass is 16.5. The highest BCUT2D eigenvalue weighted by molar-refractivity contribution is 4.92. The van der Waals surface area contributed by atoms with Gasteiger partial charge in [-0.25, -0.2) is 0 Å². The smallest absolute Gasteiger partial charge is 0.243 e. The summed E-state index contributed by atoms with van der Waals surface area (Å²) in [5.74, 6) is 1.35. The number of aromatic nitrogens is 4. The van der Waals surface area contributed by atoms with Crippen LogP contribution in [0.4, 0.5) is 0 Å². The van der Waals surface area contributed by atoms with Crippen LogP contribution in [0.5, 0.6) is 0 Å². The molecule has 2 aromatic heterocycles. The molecule has 0 amide bonds. The number of aryl methyl sites for hydroxylation is 1. The molecule has 0 aliphatic carbocycles. The van der Waals surface area contributed by atoms with Gasteiger partial charge in [0.2, 0.25) is 5.89 Å². The van der Waals surface area contributed by atoms with E-state index in [-0.39, 0.29) is 6.04 Å². The number of hydrogen-bond acceptors (Lipinski definition) is 7. The fraction of sp³-hybridized carbons (Fsp3) is 0.667. The molecule has 1 saturated heterocycles. The molecular weight excluding hydrogens is 296 g/mol. The first-order chi connectivity index (χ1) is 11.1. The summed E-state index contributed by atoms with van der Waals surface area (Å²) in [5.41, 5.74) is 0. The lowest BCUT2D eigenvalue weighted by atomic mass is 10.2. The molecule has 1 aliphatic heterocycles. The molecule has 1 fully saturated rings. The first-order valence-corrected chi connectivity index (χ1v) is 8.04. The summed E-state index contributed by atoms with van der Waals surface area (Å²) in [4.78, 5) is 8.94. The van der Waals surface area contributed by atoms with Crippen LogP contribution in [0.2, 0.25) is 0 Å². The van der Waals surface area contributed by atoms with E-state index in [9.17, 15) is 5.11 Å². The first-order valence-electron chi connectivity index (χ1n) is 8.04. The van der Waals surface area contributed by atoms with Crippen molar-refractivity contribution in [3.63, 3.8) is 0 Å². The molecule has 8 heteroatoms. The molecule has 3 rings (SSSR count). The fourth-order valence-corrected chi connectivity index (χ4v) is 2.95. The van der Waals surface area contributed by atoms with E-state index >= 15 is 0 Å². The van der Waals surface area contributed by atoms with E-state index in [0.29, 0.717) is 24.8 Å². The van der Waals surface area contributed by atoms with Crippen LogP contribution in [0.1, 0.15) is 24.7 Å². The molecule has 0 spiro atoms. The average molecular weight is 320 g/mol. The summed E-state index contributed by atoms with van der Waals surface area (Å²) >= 11 is 0. The van der Waals surface area contributed by atoms with Crippen LogP contribution >= 0.6 is 0 Å². The van der Waals surface area contributed by atoms with Crippen LogP contribution < -0.4 is 0 Å². The summed E-state index contributed by atoms with van der Waals surface area (Å²) in [7, 11) is 0. The molecule has 2 atom stereocenters. The van der Waals surface area contributed by atoms with Gasteiger partial charge in [-0.1, -0.05) is 5.16 Å². The van der Waals surface area contributed by atoms with Gasteiger partial charge in [0.25, 0.3) is 0 Å². The van der Waals surface area contributed by atoms with E-state index in [2.05, 4.69) is 32.0 Å². The number of β-amino-alcohol motifs (C(OH)–C–C–N with tert-alkyl or cyclic N) is 1. The lowest BCUT2D eigenvalue weighted by Crippen LogP contribution is -2.49. The van der Waals surface area contributed by atoms with E-state index in [0.717, 1.165) is 26.2 Å². The molecule has 126 valence electrons. The topological polar surface area (TPSA) is 83.5 Å². The Bertz CT molecular complexity index is 591. The van der Waals surface area contributed by atoms with Crippen molar-refractivity contribution in [1.29, 1.82) is 0 Å². The Hall–Kier alpha value is -1.77. The molecule has 0 unspecified atom stereocenters. The van der Waals surface area contributed by atoms with Crippen LogP contribution in [0.25, 0.3) is 0 Å². The van der Waals surface area contributed by atoms with Crippen molar-refractivity contribution in [3.05, 3.63) is 30.2 Å². The Morgan fingerprint density at radius 2 is 2.04 bits per heavy atom. The molecule has 1 N–H and O–H groups in total. The fourth-order valence-electron chi connectivity index (χ4n) is 2.95. The van der Waals surface area contributed by atoms with E-state index in [1.807, 2.05) is 19.2 Å². The normalized spacial score (nSPS) is 19.8. The van der Waals surface area contributed by atoms with E-state index < -0.39 is 6.10 Å². The summed E-state index contributed by atoms with van der Waals surface area (Å²) in [6.07, 6.45) is 3.19. The monoisotopic (exact) mass is 320 g/mol. The zero-order chi connectivity index (χ0) is 16.2. The number of aliphatic hydroxyl groups excluding tert-OH is 1. The predicted octanol–water partition coefficient (Wildman–Crippen LogP) is 0.314. The minimum atomic E-state index is -0.405. The summed E-state index contributed by atoms with van der Waals surface area (Å²) in [6, 6.07) is 2.00. The Morgan fingerprint density at radius 3 is 2.65 bits per heavy atom. The predicted molar refractivity (Wildman–Crippen MR) is 83.7 cm³/mol. The third kappa shape index (κ3) is 4.15. The van der Waals surface area contributed by atoms with E-state index in [1.54, 1.807) is 10.9 Å². The van der Waals surface area contributed by atoms with Gasteiger partial charge < -0.3 is 9.63 Å². The number of rotatable bonds is 6. The molecule has 1 aliphatic rings. The second-order valence-electron chi connectivity index (χ2n) is 6.07. The van der Waals surface area contributed by atoms with E-state index in [4.69, 9.17) is 4.52 Å². The van der Waals surface area contributed by atoms with Gasteiger partial charge in [-0.3, -0.25) is 14.5 Å². The van der Waals surface area contributed by atoms with Gasteiger partial charge in [0.15, 0.2) is 5.82 Å². The largest absolute Gasteiger partial charge is 0.390 e. The standard InChI is InChI=1S/C15H24N6O2/c1-12(15-17-13(2)18-23-15)20-8-6-19(7-9-20)10-14(22)11-21-5-3-4-16-21/h3-5,12,14,22H,6-11H2,1-2H3/t12-,14-/m1/s1. The number of hydrogen-bond donors (Lipinski definition) is 1. The highest BCUT2D eigenvalue weighted by Gasteiger charge is 2.26. The second kappa shape index (κ2) is 7.20. The van der Waals surface area contributed by atoms with Crippen molar-refractivity contribution < 1.29 is 9.63 Å². The van der Waals surface area contributed by atoms with Gasteiger partial charge in [0.1, 0.15) is 0 Å². The third-order valence-electron chi connectivity index (χ3n) is 4.28. The van der Waals surface area contributed by atoms with Crippen molar-refractivity contribution >= 4 is 0 Å². The van der Waals surface area contributed by atoms with Crippen LogP contribution in [0.3, 0.4) is 0 Å². The van der Waals surface area contributed by atoms with Crippen molar-refractivity contribution in [1.82, 2.24) is 29.7 Å². The Balaban J connectivity index is 1.44. The van der Waals surface area contributed by atoms with Gasteiger partial charge >= 0.3 is 0 Å². The molecule has 0 saturated carbocycles. The van der Waals surface area contributed by atoms with Crippen LogP contribution in [-0.2, 0) is 6.54 Å². The quantitative estimate of drug-likeness (QED) is 0.820. The van der Waals surface area contributed by atoms with Gasteiger partial charge in [0, 0.05) is 45.1 Å². The molecule has 23 heavy (non-hydrogen) atoms. The minimum Gasteiger partial charge on any atom is -0.390 e. The lowest BCUT2D eigenvalue weighted by Gasteiger charge is -2.37. The number of aliphatic hydroxyl groups is 1. The van der Waals surface area contributed by atoms with Crippen molar-refractivity contribution in [3.8, 4) is 0 Å². The minimum absolute atomic E-state index is 0.132. The lowest BCUT2D eigenvalue weighted by molar-refractivity contribution is 0.0459. The molecule has 0 aromatic carbocycles. The SMILES string of the molecule is Cc1noc([C@@H](C)N2CCN(C[C@@H](O)Cn3cccn3)CC2)n1. The van der Waals surface area contributed by atoms with Gasteiger partial charge in [-0.05, 0) is 19.9 Å². The van der Waals surface area contributed by atoms with Crippen molar-refractivity contribution in [2.24, 2.45) is 0 Å². The maximum Gasteiger partial charge on any atom is 0.243 e. The second-order valence-corrected chi connectivity index (χ2v) is 6.07. The summed E-state index contributed by atoms with van der Waals surface area (Å²) < 4.78 is 7.03. The zero-order valence-corrected chi connectivity index (χ0v) is 13.7. The maximum absolute atomic E-state index is 10.2. The van der Waals surface area contributed by atoms with Gasteiger partial charge in [-0.2, -0.15) is 10.1 Å². The highest BCUT2D eigenvalue weighted by Crippen LogP contribution is 2.20. The van der Waals surface area contributed by atoms with E-state index in [1.165, 1.54) is 0 Å². The third-order valence-corrected chi connectivity index (χ3v) is 4.28. The molecule has 3 heterocycles. The van der Waals surface area contributed by atoms with Crippen LogP contribution in [-0.4, -0.2) is 73.7 Å². The first kappa shape index (κ1) is 16.1. The Kier molecular flexibility index (Phi) is 5.04. The number of piperazine rings is 1. The van der Waals surface area contributed by atoms with Crippen LogP contribution in [0.15, 0.2) is 23.0 Å². The molecule has 8 nitrogen and oxygen atoms in total. The molecule has 0 bridgehead atoms. The maximum atomic E-state index is 10.2. The molecule has 0 radical (unpaired) electrons. The van der Waals surface area contributed by atoms with Crippen LogP contribution in [0, 0.1) is 6.92 Å². The van der Waals surface area contributed by atoms with Crippen molar-refractivity contribution in [2.75, 3.05) is 32.7 Å². The van der Waals surface area contributed by atoms with Gasteiger partial charge in [0.05, 0.1) is 18.7 Å². The molecular formula is C15H24N6O2. The summed E-state index contributed by atoms with van der Waals surface area (Å²) in [6.45, 7) is 8.83. The average Bonchev–Trinajstić information content (AvgIpc) is 3.19. The number of nitrogens with zero attached hydrogens (tertiary/aromatic N) is 6. The Labute approximate surface area is 135 Å². The molecule has 2 aromatic rings. The zero-order valence-electron chi connectivity index (χ0n) is 13.7. The summed E-state index contributed by atoms with van der Waals surface area (Å²) in [5, 5.41) is 18.2. The Morgan fingerprint density at radius 1 is 1.26 bits per heavy atom.